The number of aliphatic imine (C=N–C) groups is 1. The van der Waals surface area contributed by atoms with Crippen molar-refractivity contribution in [1.82, 2.24) is 0 Å². The zero-order valence-electron chi connectivity index (χ0n) is 13.7. The third-order valence-corrected chi connectivity index (χ3v) is 7.59. The second-order valence-corrected chi connectivity index (χ2v) is 9.61. The van der Waals surface area contributed by atoms with E-state index in [-0.39, 0.29) is 35.5 Å². The third kappa shape index (κ3) is 3.10. The lowest BCUT2D eigenvalue weighted by atomic mass is 10.2. The molecular weight excluding hydrogens is 364 g/mol. The Hall–Kier alpha value is -1.74. The molecule has 134 valence electrons. The second kappa shape index (κ2) is 6.21. The Morgan fingerprint density at radius 2 is 2.12 bits per heavy atom. The van der Waals surface area contributed by atoms with Crippen molar-refractivity contribution in [3.63, 3.8) is 0 Å². The Labute approximate surface area is 150 Å². The normalized spacial score (nSPS) is 27.7. The number of hydrogen-bond acceptors (Lipinski definition) is 6. The van der Waals surface area contributed by atoms with E-state index >= 15 is 0 Å². The van der Waals surface area contributed by atoms with E-state index in [9.17, 15) is 13.2 Å². The minimum Gasteiger partial charge on any atom is -0.454 e. The number of anilines is 1. The number of sulfone groups is 1. The van der Waals surface area contributed by atoms with Gasteiger partial charge in [0.1, 0.15) is 0 Å². The smallest absolute Gasteiger partial charge is 0.248 e. The highest BCUT2D eigenvalue weighted by molar-refractivity contribution is 8.16. The van der Waals surface area contributed by atoms with Gasteiger partial charge in [-0.3, -0.25) is 4.79 Å². The molecule has 0 aliphatic carbocycles. The number of carbonyl (C=O) groups excluding carboxylic acids is 1. The lowest BCUT2D eigenvalue weighted by Gasteiger charge is -2.24. The summed E-state index contributed by atoms with van der Waals surface area (Å²) in [5, 5.41) is 0.464. The van der Waals surface area contributed by atoms with Crippen LogP contribution in [0.25, 0.3) is 0 Å². The van der Waals surface area contributed by atoms with Crippen molar-refractivity contribution in [2.75, 3.05) is 23.2 Å². The quantitative estimate of drug-likeness (QED) is 0.788. The van der Waals surface area contributed by atoms with Crippen LogP contribution in [0.2, 0.25) is 0 Å². The largest absolute Gasteiger partial charge is 0.454 e. The van der Waals surface area contributed by atoms with Crippen LogP contribution in [-0.2, 0) is 14.6 Å². The molecule has 2 atom stereocenters. The van der Waals surface area contributed by atoms with Crippen LogP contribution in [0.4, 0.5) is 5.69 Å². The van der Waals surface area contributed by atoms with Gasteiger partial charge in [0.05, 0.1) is 17.5 Å². The molecule has 3 aliphatic rings. The van der Waals surface area contributed by atoms with Crippen LogP contribution in [-0.4, -0.2) is 49.1 Å². The Morgan fingerprint density at radius 3 is 2.92 bits per heavy atom. The Morgan fingerprint density at radius 1 is 1.32 bits per heavy atom. The average Bonchev–Trinajstić information content (AvgIpc) is 3.18. The Balaban J connectivity index is 1.72. The highest BCUT2D eigenvalue weighted by Gasteiger charge is 2.49. The van der Waals surface area contributed by atoms with Crippen LogP contribution in [0, 0.1) is 0 Å². The van der Waals surface area contributed by atoms with Crippen LogP contribution in [0.5, 0.6) is 11.5 Å². The summed E-state index contributed by atoms with van der Waals surface area (Å²) in [7, 11) is -3.08. The van der Waals surface area contributed by atoms with Crippen molar-refractivity contribution in [3.05, 3.63) is 18.2 Å². The first-order valence-corrected chi connectivity index (χ1v) is 10.8. The number of fused-ring (bicyclic) bond motifs is 2. The topological polar surface area (TPSA) is 85.3 Å². The molecule has 3 aliphatic heterocycles. The first-order chi connectivity index (χ1) is 12.0. The van der Waals surface area contributed by atoms with E-state index in [1.54, 1.807) is 6.07 Å². The molecule has 0 radical (unpaired) electrons. The molecule has 25 heavy (non-hydrogen) atoms. The lowest BCUT2D eigenvalue weighted by molar-refractivity contribution is -0.117. The molecule has 0 saturated carbocycles. The number of amides is 1. The van der Waals surface area contributed by atoms with Gasteiger partial charge in [0.2, 0.25) is 12.7 Å². The average molecular weight is 382 g/mol. The number of hydrogen-bond donors (Lipinski definition) is 0. The highest BCUT2D eigenvalue weighted by atomic mass is 32.2. The molecule has 0 unspecified atom stereocenters. The van der Waals surface area contributed by atoms with E-state index in [1.165, 1.54) is 11.8 Å². The molecule has 7 nitrogen and oxygen atoms in total. The fraction of sp³-hybridized carbons (Fsp3) is 0.500. The molecule has 0 bridgehead atoms. The maximum Gasteiger partial charge on any atom is 0.248 e. The van der Waals surface area contributed by atoms with Crippen LogP contribution in [0.1, 0.15) is 19.8 Å². The van der Waals surface area contributed by atoms with Crippen LogP contribution in [0.3, 0.4) is 0 Å². The summed E-state index contributed by atoms with van der Waals surface area (Å²) in [6.45, 7) is 2.10. The number of rotatable bonds is 3. The van der Waals surface area contributed by atoms with E-state index in [0.717, 1.165) is 12.1 Å². The summed E-state index contributed by atoms with van der Waals surface area (Å²) in [5.74, 6) is 1.28. The Kier molecular flexibility index (Phi) is 4.15. The number of amidine groups is 1. The predicted molar refractivity (Wildman–Crippen MR) is 96.2 cm³/mol. The van der Waals surface area contributed by atoms with Crippen LogP contribution in [0.15, 0.2) is 23.2 Å². The first-order valence-electron chi connectivity index (χ1n) is 8.14. The van der Waals surface area contributed by atoms with Gasteiger partial charge in [-0.1, -0.05) is 18.7 Å². The molecule has 2 fully saturated rings. The second-order valence-electron chi connectivity index (χ2n) is 6.25. The zero-order chi connectivity index (χ0) is 17.6. The maximum atomic E-state index is 12.0. The molecule has 1 amide bonds. The fourth-order valence-electron chi connectivity index (χ4n) is 3.28. The molecule has 0 spiro atoms. The van der Waals surface area contributed by atoms with Crippen molar-refractivity contribution in [1.29, 1.82) is 0 Å². The number of benzene rings is 1. The van der Waals surface area contributed by atoms with Crippen molar-refractivity contribution >= 4 is 38.4 Å². The molecule has 0 aromatic heterocycles. The van der Waals surface area contributed by atoms with Gasteiger partial charge in [0.25, 0.3) is 0 Å². The van der Waals surface area contributed by atoms with Crippen LogP contribution < -0.4 is 14.4 Å². The van der Waals surface area contributed by atoms with E-state index < -0.39 is 9.84 Å². The third-order valence-electron chi connectivity index (χ3n) is 4.39. The van der Waals surface area contributed by atoms with Gasteiger partial charge < -0.3 is 14.4 Å². The van der Waals surface area contributed by atoms with Crippen molar-refractivity contribution < 1.29 is 22.7 Å². The van der Waals surface area contributed by atoms with Gasteiger partial charge in [0, 0.05) is 23.4 Å². The number of carbonyl (C=O) groups is 1. The SMILES string of the molecule is CCCC(=O)N=C1S[C@H]2CS(=O)(=O)C[C@@H]2N1c1ccc2c(c1)OCO2. The first kappa shape index (κ1) is 16.7. The van der Waals surface area contributed by atoms with Crippen molar-refractivity contribution in [3.8, 4) is 11.5 Å². The molecule has 0 N–H and O–H groups in total. The number of ether oxygens (including phenoxy) is 2. The molecule has 1 aromatic carbocycles. The summed E-state index contributed by atoms with van der Waals surface area (Å²) in [5.41, 5.74) is 0.768. The van der Waals surface area contributed by atoms with Crippen LogP contribution >= 0.6 is 11.8 Å². The number of thioether (sulfide) groups is 1. The number of nitrogens with zero attached hydrogens (tertiary/aromatic N) is 2. The molecule has 3 heterocycles. The van der Waals surface area contributed by atoms with Gasteiger partial charge in [-0.15, -0.1) is 0 Å². The molecule has 2 saturated heterocycles. The van der Waals surface area contributed by atoms with Gasteiger partial charge in [-0.05, 0) is 18.6 Å². The van der Waals surface area contributed by atoms with Gasteiger partial charge in [-0.25, -0.2) is 8.42 Å². The van der Waals surface area contributed by atoms with Crippen molar-refractivity contribution in [2.45, 2.75) is 31.1 Å². The van der Waals surface area contributed by atoms with Gasteiger partial charge >= 0.3 is 0 Å². The fourth-order valence-corrected chi connectivity index (χ4v) is 7.21. The molecule has 9 heteroatoms. The highest BCUT2D eigenvalue weighted by Crippen LogP contribution is 2.43. The molecular formula is C16H18N2O5S2. The summed E-state index contributed by atoms with van der Waals surface area (Å²) in [6, 6.07) is 5.24. The maximum absolute atomic E-state index is 12.0. The van der Waals surface area contributed by atoms with E-state index in [0.29, 0.717) is 23.1 Å². The summed E-state index contributed by atoms with van der Waals surface area (Å²) >= 11 is 1.38. The zero-order valence-corrected chi connectivity index (χ0v) is 15.3. The standard InChI is InChI=1S/C16H18N2O5S2/c1-2-3-15(19)17-16-18(11-7-25(20,21)8-14(11)24-16)10-4-5-12-13(6-10)23-9-22-12/h4-6,11,14H,2-3,7-9H2,1H3/t11-,14-/m0/s1. The van der Waals surface area contributed by atoms with E-state index in [1.807, 2.05) is 24.0 Å². The minimum atomic E-state index is -3.08. The van der Waals surface area contributed by atoms with Gasteiger partial charge in [0.15, 0.2) is 26.5 Å². The predicted octanol–water partition coefficient (Wildman–Crippen LogP) is 1.82. The molecule has 1 aromatic rings. The monoisotopic (exact) mass is 382 g/mol. The van der Waals surface area contributed by atoms with E-state index in [2.05, 4.69) is 4.99 Å². The summed E-state index contributed by atoms with van der Waals surface area (Å²) in [6.07, 6.45) is 1.11. The van der Waals surface area contributed by atoms with E-state index in [4.69, 9.17) is 9.47 Å². The summed E-state index contributed by atoms with van der Waals surface area (Å²) < 4.78 is 34.9. The lowest BCUT2D eigenvalue weighted by Crippen LogP contribution is -2.37. The Bertz CT molecular complexity index is 852. The molecule has 4 rings (SSSR count). The minimum absolute atomic E-state index is 0.0695. The summed E-state index contributed by atoms with van der Waals surface area (Å²) in [4.78, 5) is 18.1. The van der Waals surface area contributed by atoms with Gasteiger partial charge in [-0.2, -0.15) is 4.99 Å². The van der Waals surface area contributed by atoms with Crippen molar-refractivity contribution in [2.24, 2.45) is 4.99 Å².